The first-order valence-corrected chi connectivity index (χ1v) is 19.2. The predicted octanol–water partition coefficient (Wildman–Crippen LogP) is 3.14. The van der Waals surface area contributed by atoms with E-state index in [1.807, 2.05) is 12.2 Å². The third kappa shape index (κ3) is 8.31. The number of alkyl carbamates (subject to hydrolysis) is 1. The van der Waals surface area contributed by atoms with Gasteiger partial charge in [0.25, 0.3) is 5.91 Å². The molecule has 5 aliphatic rings. The SMILES string of the molecule is CC(C)(C)OC(=O)N[C@H]1CCCCC/C=C\[C@H]2C[C@@]2(C(=O)NS(=O)(=O)C2CC2)NC(=O)C2C[C@@H](OC(=O)N3Cc4cccc(F)c4C3)CN2C1=O. The van der Waals surface area contributed by atoms with E-state index in [0.29, 0.717) is 36.8 Å². The molecule has 51 heavy (non-hydrogen) atoms. The van der Waals surface area contributed by atoms with Gasteiger partial charge in [-0.3, -0.25) is 24.0 Å². The number of nitrogens with zero attached hydrogens (tertiary/aromatic N) is 2. The lowest BCUT2D eigenvalue weighted by Crippen LogP contribution is -2.58. The zero-order valence-electron chi connectivity index (χ0n) is 29.1. The van der Waals surface area contributed by atoms with Gasteiger partial charge < -0.3 is 25.0 Å². The van der Waals surface area contributed by atoms with Crippen molar-refractivity contribution in [2.24, 2.45) is 5.92 Å². The predicted molar refractivity (Wildman–Crippen MR) is 180 cm³/mol. The quantitative estimate of drug-likeness (QED) is 0.384. The lowest BCUT2D eigenvalue weighted by molar-refractivity contribution is -0.141. The standard InChI is InChI=1S/C35H46FN5O9S/c1-34(2,3)50-32(45)37-27-13-8-6-4-5-7-11-22-17-35(22,31(44)39-51(47,48)24-14-15-24)38-29(42)28-16-23(19-41(28)30(27)43)49-33(46)40-18-21-10-9-12-26(36)25(21)20-40/h7,9-12,22-24,27-28H,4-6,8,13-20H2,1-3H3,(H,37,45)(H,38,42)(H,39,44)/b11-7-/t22-,23+,27-,28?,35+/m0/s1. The topological polar surface area (TPSA) is 181 Å². The molecule has 3 fully saturated rings. The van der Waals surface area contributed by atoms with Gasteiger partial charge in [0.1, 0.15) is 35.1 Å². The van der Waals surface area contributed by atoms with Gasteiger partial charge in [0.15, 0.2) is 0 Å². The van der Waals surface area contributed by atoms with Gasteiger partial charge in [0.05, 0.1) is 18.3 Å². The number of ether oxygens (including phenoxy) is 2. The minimum Gasteiger partial charge on any atom is -0.444 e. The number of carbonyl (C=O) groups is 5. The Bertz CT molecular complexity index is 1730. The maximum atomic E-state index is 14.4. The molecular formula is C35H46FN5O9S. The number of hydrogen-bond donors (Lipinski definition) is 3. The summed E-state index contributed by atoms with van der Waals surface area (Å²) in [5.41, 5.74) is -1.36. The van der Waals surface area contributed by atoms with Crippen LogP contribution in [0.5, 0.6) is 0 Å². The molecule has 0 radical (unpaired) electrons. The van der Waals surface area contributed by atoms with E-state index < -0.39 is 86.2 Å². The third-order valence-corrected chi connectivity index (χ3v) is 11.8. The van der Waals surface area contributed by atoms with E-state index >= 15 is 0 Å². The zero-order valence-corrected chi connectivity index (χ0v) is 29.9. The molecule has 0 spiro atoms. The number of rotatable bonds is 5. The van der Waals surface area contributed by atoms with E-state index in [4.69, 9.17) is 9.47 Å². The fourth-order valence-electron chi connectivity index (χ4n) is 7.02. The van der Waals surface area contributed by atoms with Crippen molar-refractivity contribution < 1.29 is 46.3 Å². The molecule has 3 heterocycles. The molecule has 6 rings (SSSR count). The number of amides is 5. The van der Waals surface area contributed by atoms with Crippen LogP contribution in [0.25, 0.3) is 0 Å². The number of allylic oxidation sites excluding steroid dienone is 1. The van der Waals surface area contributed by atoms with Gasteiger partial charge in [-0.1, -0.05) is 37.1 Å². The van der Waals surface area contributed by atoms with Crippen LogP contribution < -0.4 is 15.4 Å². The molecule has 1 aromatic rings. The molecule has 278 valence electrons. The van der Waals surface area contributed by atoms with E-state index in [0.717, 1.165) is 12.8 Å². The number of fused-ring (bicyclic) bond motifs is 3. The van der Waals surface area contributed by atoms with E-state index in [1.165, 1.54) is 15.9 Å². The second kappa shape index (κ2) is 14.1. The first kappa shape index (κ1) is 36.6. The van der Waals surface area contributed by atoms with Gasteiger partial charge in [-0.05, 0) is 70.9 Å². The highest BCUT2D eigenvalue weighted by atomic mass is 32.2. The van der Waals surface area contributed by atoms with Crippen LogP contribution in [0, 0.1) is 11.7 Å². The fraction of sp³-hybridized carbons (Fsp3) is 0.629. The van der Waals surface area contributed by atoms with Gasteiger partial charge >= 0.3 is 12.2 Å². The van der Waals surface area contributed by atoms with Crippen LogP contribution in [0.15, 0.2) is 30.4 Å². The molecular weight excluding hydrogens is 685 g/mol. The first-order chi connectivity index (χ1) is 24.1. The minimum atomic E-state index is -3.92. The van der Waals surface area contributed by atoms with Crippen molar-refractivity contribution >= 4 is 39.9 Å². The van der Waals surface area contributed by atoms with E-state index in [1.54, 1.807) is 32.9 Å². The Morgan fingerprint density at radius 2 is 1.82 bits per heavy atom. The molecule has 0 bridgehead atoms. The lowest BCUT2D eigenvalue weighted by atomic mass is 10.0. The molecule has 5 amide bonds. The summed E-state index contributed by atoms with van der Waals surface area (Å²) in [6.45, 7) is 5.01. The molecule has 0 aromatic heterocycles. The first-order valence-electron chi connectivity index (χ1n) is 17.6. The Kier molecular flexibility index (Phi) is 10.1. The summed E-state index contributed by atoms with van der Waals surface area (Å²) in [4.78, 5) is 70.8. The molecule has 1 aromatic carbocycles. The lowest BCUT2D eigenvalue weighted by Gasteiger charge is -2.30. The van der Waals surface area contributed by atoms with Gasteiger partial charge in [-0.25, -0.2) is 22.4 Å². The van der Waals surface area contributed by atoms with Crippen LogP contribution in [0.2, 0.25) is 0 Å². The van der Waals surface area contributed by atoms with Crippen molar-refractivity contribution in [2.75, 3.05) is 6.54 Å². The second-order valence-electron chi connectivity index (χ2n) is 15.2. The van der Waals surface area contributed by atoms with Gasteiger partial charge in [0.2, 0.25) is 21.8 Å². The van der Waals surface area contributed by atoms with Crippen molar-refractivity contribution in [3.8, 4) is 0 Å². The van der Waals surface area contributed by atoms with E-state index in [2.05, 4.69) is 15.4 Å². The minimum absolute atomic E-state index is 0.00168. The molecule has 2 aliphatic carbocycles. The summed E-state index contributed by atoms with van der Waals surface area (Å²) in [6, 6.07) is 2.30. The van der Waals surface area contributed by atoms with Gasteiger partial charge in [-0.2, -0.15) is 0 Å². The normalized spacial score (nSPS) is 28.9. The molecule has 14 nitrogen and oxygen atoms in total. The van der Waals surface area contributed by atoms with Crippen molar-refractivity contribution in [1.82, 2.24) is 25.2 Å². The summed E-state index contributed by atoms with van der Waals surface area (Å²) < 4.78 is 53.3. The maximum Gasteiger partial charge on any atom is 0.410 e. The summed E-state index contributed by atoms with van der Waals surface area (Å²) in [5, 5.41) is 4.79. The molecule has 5 atom stereocenters. The maximum absolute atomic E-state index is 14.4. The van der Waals surface area contributed by atoms with Crippen LogP contribution >= 0.6 is 0 Å². The molecule has 16 heteroatoms. The van der Waals surface area contributed by atoms with E-state index in [9.17, 15) is 36.8 Å². The summed E-state index contributed by atoms with van der Waals surface area (Å²) >= 11 is 0. The van der Waals surface area contributed by atoms with Crippen LogP contribution in [-0.2, 0) is 47.0 Å². The number of sulfonamides is 1. The molecule has 3 aliphatic heterocycles. The van der Waals surface area contributed by atoms with Gasteiger partial charge in [-0.15, -0.1) is 0 Å². The zero-order chi connectivity index (χ0) is 36.7. The Morgan fingerprint density at radius 3 is 2.53 bits per heavy atom. The average molecular weight is 732 g/mol. The largest absolute Gasteiger partial charge is 0.444 e. The Hall–Kier alpha value is -4.21. The number of nitrogens with one attached hydrogen (secondary N) is 3. The smallest absolute Gasteiger partial charge is 0.410 e. The van der Waals surface area contributed by atoms with Crippen LogP contribution in [0.1, 0.15) is 89.7 Å². The molecule has 3 N–H and O–H groups in total. The van der Waals surface area contributed by atoms with Gasteiger partial charge in [0, 0.05) is 24.4 Å². The highest BCUT2D eigenvalue weighted by Gasteiger charge is 2.62. The monoisotopic (exact) mass is 731 g/mol. The molecule has 2 saturated carbocycles. The number of carbonyl (C=O) groups excluding carboxylic acids is 5. The average Bonchev–Trinajstić information content (AvgIpc) is 3.93. The number of benzene rings is 1. The second-order valence-corrected chi connectivity index (χ2v) is 17.2. The highest BCUT2D eigenvalue weighted by molar-refractivity contribution is 7.91. The summed E-state index contributed by atoms with van der Waals surface area (Å²) in [6.07, 6.45) is 5.10. The Labute approximate surface area is 296 Å². The number of halogens is 1. The van der Waals surface area contributed by atoms with Crippen LogP contribution in [0.4, 0.5) is 14.0 Å². The Morgan fingerprint density at radius 1 is 1.06 bits per heavy atom. The Balaban J connectivity index is 1.25. The van der Waals surface area contributed by atoms with Crippen molar-refractivity contribution in [2.45, 2.75) is 126 Å². The molecule has 1 unspecified atom stereocenters. The summed E-state index contributed by atoms with van der Waals surface area (Å²) in [5.74, 6) is -3.06. The van der Waals surface area contributed by atoms with Crippen molar-refractivity contribution in [1.29, 1.82) is 0 Å². The van der Waals surface area contributed by atoms with Crippen LogP contribution in [0.3, 0.4) is 0 Å². The number of hydrogen-bond acceptors (Lipinski definition) is 9. The van der Waals surface area contributed by atoms with E-state index in [-0.39, 0.29) is 38.9 Å². The van der Waals surface area contributed by atoms with Crippen molar-refractivity contribution in [3.05, 3.63) is 47.3 Å². The third-order valence-electron chi connectivity index (χ3n) is 9.99. The summed E-state index contributed by atoms with van der Waals surface area (Å²) in [7, 11) is -3.92. The fourth-order valence-corrected chi connectivity index (χ4v) is 8.39. The highest BCUT2D eigenvalue weighted by Crippen LogP contribution is 2.46. The molecule has 1 saturated heterocycles. The van der Waals surface area contributed by atoms with Crippen LogP contribution in [-0.4, -0.2) is 89.2 Å². The van der Waals surface area contributed by atoms with Crippen molar-refractivity contribution in [3.63, 3.8) is 0 Å².